The fourth-order valence-electron chi connectivity index (χ4n) is 3.07. The van der Waals surface area contributed by atoms with Crippen LogP contribution in [-0.2, 0) is 19.5 Å². The van der Waals surface area contributed by atoms with Gasteiger partial charge in [0.05, 0.1) is 22.5 Å². The number of benzene rings is 1. The van der Waals surface area contributed by atoms with Crippen LogP contribution in [0.1, 0.15) is 16.8 Å². The van der Waals surface area contributed by atoms with Gasteiger partial charge < -0.3 is 14.5 Å². The third-order valence-corrected chi connectivity index (χ3v) is 4.67. The zero-order valence-electron chi connectivity index (χ0n) is 13.3. The molecule has 0 saturated carbocycles. The first kappa shape index (κ1) is 15.9. The van der Waals surface area contributed by atoms with Crippen molar-refractivity contribution in [2.45, 2.75) is 19.5 Å². The average molecular weight is 358 g/mol. The highest BCUT2D eigenvalue weighted by Gasteiger charge is 2.23. The van der Waals surface area contributed by atoms with Crippen molar-refractivity contribution in [1.82, 2.24) is 14.9 Å². The number of halogens is 1. The number of nitrogens with zero attached hydrogens (tertiary/aromatic N) is 2. The van der Waals surface area contributed by atoms with Crippen molar-refractivity contribution in [1.29, 1.82) is 0 Å². The minimum Gasteiger partial charge on any atom is -0.506 e. The summed E-state index contributed by atoms with van der Waals surface area (Å²) in [6.07, 6.45) is 2.21. The number of aromatic hydroxyl groups is 1. The van der Waals surface area contributed by atoms with Crippen LogP contribution in [-0.4, -0.2) is 26.5 Å². The van der Waals surface area contributed by atoms with Crippen LogP contribution < -0.4 is 5.56 Å². The summed E-state index contributed by atoms with van der Waals surface area (Å²) < 4.78 is 5.31. The Kier molecular flexibility index (Phi) is 4.07. The van der Waals surface area contributed by atoms with Gasteiger partial charge in [-0.25, -0.2) is 4.98 Å². The highest BCUT2D eigenvalue weighted by molar-refractivity contribution is 6.32. The average Bonchev–Trinajstić information content (AvgIpc) is 3.14. The molecule has 1 aliphatic rings. The lowest BCUT2D eigenvalue weighted by Crippen LogP contribution is -2.35. The van der Waals surface area contributed by atoms with E-state index in [1.165, 1.54) is 0 Å². The fourth-order valence-corrected chi connectivity index (χ4v) is 3.27. The second-order valence-electron chi connectivity index (χ2n) is 6.03. The molecule has 2 N–H and O–H groups in total. The summed E-state index contributed by atoms with van der Waals surface area (Å²) in [7, 11) is 0. The van der Waals surface area contributed by atoms with Crippen molar-refractivity contribution in [3.05, 3.63) is 68.8 Å². The summed E-state index contributed by atoms with van der Waals surface area (Å²) in [5.74, 6) is 1.09. The van der Waals surface area contributed by atoms with Crippen molar-refractivity contribution in [2.75, 3.05) is 6.54 Å². The van der Waals surface area contributed by atoms with E-state index in [1.807, 2.05) is 6.07 Å². The SMILES string of the molecule is O=c1[nH]c(-c2ccco2)nc2c1CN(Cc1cccc(Cl)c1O)CC2. The van der Waals surface area contributed by atoms with Gasteiger partial charge in [0.25, 0.3) is 5.56 Å². The molecule has 128 valence electrons. The maximum absolute atomic E-state index is 12.5. The van der Waals surface area contributed by atoms with Crippen LogP contribution in [0, 0.1) is 0 Å². The number of aromatic amines is 1. The quantitative estimate of drug-likeness (QED) is 0.753. The Hall–Kier alpha value is -2.57. The van der Waals surface area contributed by atoms with E-state index in [4.69, 9.17) is 16.0 Å². The topological polar surface area (TPSA) is 82.4 Å². The van der Waals surface area contributed by atoms with Gasteiger partial charge >= 0.3 is 0 Å². The molecule has 0 bridgehead atoms. The lowest BCUT2D eigenvalue weighted by molar-refractivity contribution is 0.238. The summed E-state index contributed by atoms with van der Waals surface area (Å²) in [5.41, 5.74) is 2.04. The molecule has 0 saturated heterocycles. The molecule has 0 aliphatic carbocycles. The number of aromatic nitrogens is 2. The molecule has 4 rings (SSSR count). The number of para-hydroxylation sites is 1. The van der Waals surface area contributed by atoms with Gasteiger partial charge in [-0.3, -0.25) is 9.69 Å². The van der Waals surface area contributed by atoms with E-state index in [-0.39, 0.29) is 11.3 Å². The van der Waals surface area contributed by atoms with Gasteiger partial charge in [-0.2, -0.15) is 0 Å². The number of phenols is 1. The van der Waals surface area contributed by atoms with Gasteiger partial charge in [-0.05, 0) is 18.2 Å². The zero-order chi connectivity index (χ0) is 17.4. The summed E-state index contributed by atoms with van der Waals surface area (Å²) in [4.78, 5) is 21.9. The maximum Gasteiger partial charge on any atom is 0.256 e. The minimum atomic E-state index is -0.156. The van der Waals surface area contributed by atoms with Crippen LogP contribution in [0.5, 0.6) is 5.75 Å². The number of phenolic OH excluding ortho intramolecular Hbond substituents is 1. The number of H-pyrrole nitrogens is 1. The van der Waals surface area contributed by atoms with Gasteiger partial charge in [0.1, 0.15) is 5.75 Å². The third-order valence-electron chi connectivity index (χ3n) is 4.37. The monoisotopic (exact) mass is 357 g/mol. The first-order chi connectivity index (χ1) is 12.1. The molecule has 2 aromatic heterocycles. The lowest BCUT2D eigenvalue weighted by atomic mass is 10.1. The molecule has 0 radical (unpaired) electrons. The van der Waals surface area contributed by atoms with Gasteiger partial charge in [0, 0.05) is 31.6 Å². The van der Waals surface area contributed by atoms with Crippen molar-refractivity contribution >= 4 is 11.6 Å². The van der Waals surface area contributed by atoms with Crippen molar-refractivity contribution in [3.8, 4) is 17.3 Å². The van der Waals surface area contributed by atoms with E-state index >= 15 is 0 Å². The minimum absolute atomic E-state index is 0.0927. The second kappa shape index (κ2) is 6.38. The molecule has 7 heteroatoms. The van der Waals surface area contributed by atoms with Crippen LogP contribution in [0.4, 0.5) is 0 Å². The Morgan fingerprint density at radius 2 is 2.20 bits per heavy atom. The second-order valence-corrected chi connectivity index (χ2v) is 6.43. The van der Waals surface area contributed by atoms with E-state index in [2.05, 4.69) is 14.9 Å². The summed E-state index contributed by atoms with van der Waals surface area (Å²) in [6.45, 7) is 1.74. The van der Waals surface area contributed by atoms with Gasteiger partial charge in [-0.15, -0.1) is 0 Å². The fraction of sp³-hybridized carbons (Fsp3) is 0.222. The van der Waals surface area contributed by atoms with Gasteiger partial charge in [0.15, 0.2) is 11.6 Å². The zero-order valence-corrected chi connectivity index (χ0v) is 14.1. The molecule has 0 fully saturated rings. The first-order valence-corrected chi connectivity index (χ1v) is 8.34. The Bertz CT molecular complexity index is 966. The highest BCUT2D eigenvalue weighted by atomic mass is 35.5. The van der Waals surface area contributed by atoms with E-state index in [0.717, 1.165) is 17.8 Å². The van der Waals surface area contributed by atoms with Crippen LogP contribution in [0.15, 0.2) is 45.8 Å². The maximum atomic E-state index is 12.5. The molecule has 3 heterocycles. The largest absolute Gasteiger partial charge is 0.506 e. The van der Waals surface area contributed by atoms with Gasteiger partial charge in [0.2, 0.25) is 0 Å². The summed E-state index contributed by atoms with van der Waals surface area (Å²) in [5, 5.41) is 10.4. The van der Waals surface area contributed by atoms with Crippen LogP contribution >= 0.6 is 11.6 Å². The molecule has 0 unspecified atom stereocenters. The number of furan rings is 1. The number of nitrogens with one attached hydrogen (secondary N) is 1. The van der Waals surface area contributed by atoms with Crippen LogP contribution in [0.3, 0.4) is 0 Å². The Labute approximate surface area is 148 Å². The Morgan fingerprint density at radius 1 is 1.32 bits per heavy atom. The van der Waals surface area contributed by atoms with E-state index in [1.54, 1.807) is 30.5 Å². The first-order valence-electron chi connectivity index (χ1n) is 7.96. The van der Waals surface area contributed by atoms with Crippen molar-refractivity contribution in [3.63, 3.8) is 0 Å². The molecule has 0 atom stereocenters. The van der Waals surface area contributed by atoms with E-state index in [9.17, 15) is 9.90 Å². The van der Waals surface area contributed by atoms with E-state index < -0.39 is 0 Å². The predicted molar refractivity (Wildman–Crippen MR) is 93.5 cm³/mol. The molecule has 1 aromatic carbocycles. The van der Waals surface area contributed by atoms with Crippen molar-refractivity contribution < 1.29 is 9.52 Å². The molecule has 25 heavy (non-hydrogen) atoms. The van der Waals surface area contributed by atoms with Crippen LogP contribution in [0.25, 0.3) is 11.6 Å². The summed E-state index contributed by atoms with van der Waals surface area (Å²) in [6, 6.07) is 8.81. The molecule has 0 amide bonds. The highest BCUT2D eigenvalue weighted by Crippen LogP contribution is 2.29. The predicted octanol–water partition coefficient (Wildman–Crippen LogP) is 2.95. The lowest BCUT2D eigenvalue weighted by Gasteiger charge is -2.27. The Balaban J connectivity index is 1.59. The number of rotatable bonds is 3. The molecular weight excluding hydrogens is 342 g/mol. The molecular formula is C18H16ClN3O3. The normalized spacial score (nSPS) is 14.4. The smallest absolute Gasteiger partial charge is 0.256 e. The van der Waals surface area contributed by atoms with Gasteiger partial charge in [-0.1, -0.05) is 23.7 Å². The number of fused-ring (bicyclic) bond motifs is 1. The number of hydrogen-bond acceptors (Lipinski definition) is 5. The molecule has 6 nitrogen and oxygen atoms in total. The van der Waals surface area contributed by atoms with E-state index in [0.29, 0.717) is 41.7 Å². The molecule has 3 aromatic rings. The Morgan fingerprint density at radius 3 is 3.00 bits per heavy atom. The molecule has 1 aliphatic heterocycles. The van der Waals surface area contributed by atoms with Crippen LogP contribution in [0.2, 0.25) is 5.02 Å². The third kappa shape index (κ3) is 3.06. The number of hydrogen-bond donors (Lipinski definition) is 2. The summed E-state index contributed by atoms with van der Waals surface area (Å²) >= 11 is 5.96. The molecule has 0 spiro atoms. The van der Waals surface area contributed by atoms with Crippen molar-refractivity contribution in [2.24, 2.45) is 0 Å². The standard InChI is InChI=1S/C18H16ClN3O3/c19-13-4-1-3-11(16(13)23)9-22-7-6-14-12(10-22)18(24)21-17(20-14)15-5-2-8-25-15/h1-5,8,23H,6-7,9-10H2,(H,20,21,24).